The molecule has 0 aliphatic heterocycles. The molecule has 0 unspecified atom stereocenters. The first-order valence-electron chi connectivity index (χ1n) is 4.75. The molecule has 0 bridgehead atoms. The van der Waals surface area contributed by atoms with E-state index in [-0.39, 0.29) is 12.3 Å². The monoisotopic (exact) mass is 205 g/mol. The average molecular weight is 205 g/mol. The van der Waals surface area contributed by atoms with E-state index < -0.39 is 0 Å². The van der Waals surface area contributed by atoms with Crippen LogP contribution in [0, 0.1) is 6.92 Å². The lowest BCUT2D eigenvalue weighted by Gasteiger charge is -2.06. The normalized spacial score (nSPS) is 11.5. The molecule has 2 N–H and O–H groups in total. The van der Waals surface area contributed by atoms with Gasteiger partial charge < -0.3 is 10.3 Å². The Balaban J connectivity index is 3.13. The van der Waals surface area contributed by atoms with Gasteiger partial charge in [-0.05, 0) is 31.0 Å². The summed E-state index contributed by atoms with van der Waals surface area (Å²) in [5.74, 6) is 0. The van der Waals surface area contributed by atoms with E-state index in [0.29, 0.717) is 0 Å². The Kier molecular flexibility index (Phi) is 4.06. The third-order valence-electron chi connectivity index (χ3n) is 2.12. The van der Waals surface area contributed by atoms with Crippen molar-refractivity contribution >= 4 is 5.71 Å². The Morgan fingerprint density at radius 3 is 2.73 bits per heavy atom. The van der Waals surface area contributed by atoms with Crippen molar-refractivity contribution in [3.63, 3.8) is 0 Å². The van der Waals surface area contributed by atoms with Crippen LogP contribution in [0.25, 0.3) is 0 Å². The summed E-state index contributed by atoms with van der Waals surface area (Å²) in [6.07, 6.45) is 2.58. The van der Waals surface area contributed by atoms with Crippen molar-refractivity contribution in [3.05, 3.63) is 47.5 Å². The number of aliphatic hydroxyl groups is 1. The zero-order chi connectivity index (χ0) is 11.3. The maximum absolute atomic E-state index is 8.98. The second kappa shape index (κ2) is 5.32. The third kappa shape index (κ3) is 2.92. The van der Waals surface area contributed by atoms with Gasteiger partial charge in [0.05, 0.1) is 6.61 Å². The predicted octanol–water partition coefficient (Wildman–Crippen LogP) is 1.89. The van der Waals surface area contributed by atoms with Crippen LogP contribution in [0.3, 0.4) is 0 Å². The minimum absolute atomic E-state index is 0.270. The van der Waals surface area contributed by atoms with Crippen LogP contribution in [0.5, 0.6) is 0 Å². The highest BCUT2D eigenvalue weighted by Gasteiger charge is 2.04. The molecule has 0 amide bonds. The van der Waals surface area contributed by atoms with Crippen LogP contribution >= 0.6 is 0 Å². The molecule has 80 valence electrons. The lowest BCUT2D eigenvalue weighted by molar-refractivity contribution is 0.304. The van der Waals surface area contributed by atoms with Gasteiger partial charge in [0.2, 0.25) is 0 Å². The molecule has 0 saturated heterocycles. The third-order valence-corrected chi connectivity index (χ3v) is 2.12. The Hall–Kier alpha value is -1.61. The molecule has 0 aromatic heterocycles. The topological polar surface area (TPSA) is 52.8 Å². The molecule has 1 aromatic carbocycles. The average Bonchev–Trinajstić information content (AvgIpc) is 2.19. The zero-order valence-corrected chi connectivity index (χ0v) is 8.77. The van der Waals surface area contributed by atoms with Gasteiger partial charge in [0.15, 0.2) is 0 Å². The van der Waals surface area contributed by atoms with Gasteiger partial charge in [-0.2, -0.15) is 0 Å². The number of aliphatic hydroxyl groups excluding tert-OH is 1. The highest BCUT2D eigenvalue weighted by Crippen LogP contribution is 2.11. The van der Waals surface area contributed by atoms with E-state index in [0.717, 1.165) is 23.1 Å². The fourth-order valence-corrected chi connectivity index (χ4v) is 1.49. The fourth-order valence-electron chi connectivity index (χ4n) is 1.49. The Morgan fingerprint density at radius 2 is 2.20 bits per heavy atom. The smallest absolute Gasteiger partial charge is 0.112 e. The fraction of sp³-hybridized carbons (Fsp3) is 0.250. The van der Waals surface area contributed by atoms with E-state index in [2.05, 4.69) is 11.7 Å². The van der Waals surface area contributed by atoms with E-state index in [1.165, 1.54) is 0 Å². The van der Waals surface area contributed by atoms with Crippen molar-refractivity contribution in [3.8, 4) is 0 Å². The van der Waals surface area contributed by atoms with Gasteiger partial charge in [-0.3, -0.25) is 0 Å². The van der Waals surface area contributed by atoms with Crippen LogP contribution in [0.2, 0.25) is 0 Å². The van der Waals surface area contributed by atoms with Crippen molar-refractivity contribution in [2.24, 2.45) is 5.16 Å². The Bertz CT molecular complexity index is 383. The molecule has 1 rings (SSSR count). The molecule has 3 nitrogen and oxygen atoms in total. The van der Waals surface area contributed by atoms with Gasteiger partial charge >= 0.3 is 0 Å². The highest BCUT2D eigenvalue weighted by molar-refractivity contribution is 6.01. The van der Waals surface area contributed by atoms with Crippen molar-refractivity contribution in [2.75, 3.05) is 6.61 Å². The van der Waals surface area contributed by atoms with Crippen molar-refractivity contribution in [1.82, 2.24) is 0 Å². The van der Waals surface area contributed by atoms with Crippen LogP contribution in [-0.2, 0) is 6.42 Å². The quantitative estimate of drug-likeness (QED) is 0.341. The van der Waals surface area contributed by atoms with E-state index >= 15 is 0 Å². The highest BCUT2D eigenvalue weighted by atomic mass is 16.4. The largest absolute Gasteiger partial charge is 0.411 e. The maximum atomic E-state index is 8.98. The lowest BCUT2D eigenvalue weighted by atomic mass is 10.0. The molecule has 0 radical (unpaired) electrons. The van der Waals surface area contributed by atoms with Crippen LogP contribution in [-0.4, -0.2) is 22.6 Å². The predicted molar refractivity (Wildman–Crippen MR) is 60.5 cm³/mol. The van der Waals surface area contributed by atoms with Gasteiger partial charge in [-0.15, -0.1) is 6.58 Å². The zero-order valence-electron chi connectivity index (χ0n) is 8.77. The van der Waals surface area contributed by atoms with Crippen molar-refractivity contribution in [2.45, 2.75) is 13.3 Å². The van der Waals surface area contributed by atoms with E-state index in [9.17, 15) is 0 Å². The maximum Gasteiger partial charge on any atom is 0.112 e. The van der Waals surface area contributed by atoms with E-state index in [4.69, 9.17) is 10.3 Å². The minimum atomic E-state index is -0.270. The summed E-state index contributed by atoms with van der Waals surface area (Å²) in [6.45, 7) is 5.36. The molecule has 3 heteroatoms. The molecular formula is C12H15NO2. The molecule has 0 spiro atoms. The molecule has 0 aliphatic carbocycles. The number of nitrogens with zero attached hydrogens (tertiary/aromatic N) is 1. The van der Waals surface area contributed by atoms with Gasteiger partial charge in [0, 0.05) is 5.56 Å². The van der Waals surface area contributed by atoms with Gasteiger partial charge in [-0.25, -0.2) is 0 Å². The number of hydrogen-bond donors (Lipinski definition) is 2. The first kappa shape index (κ1) is 11.5. The molecule has 0 saturated carbocycles. The SMILES string of the molecule is C=CCc1cc(C)cc(C(CO)=NO)c1. The van der Waals surface area contributed by atoms with Crippen molar-refractivity contribution < 1.29 is 10.3 Å². The molecule has 0 heterocycles. The standard InChI is InChI=1S/C12H15NO2/c1-3-4-10-5-9(2)6-11(7-10)12(8-14)13-15/h3,5-7,14-15H,1,4,8H2,2H3. The summed E-state index contributed by atoms with van der Waals surface area (Å²) in [4.78, 5) is 0. The first-order valence-corrected chi connectivity index (χ1v) is 4.75. The molecule has 0 fully saturated rings. The molecule has 0 aliphatic rings. The van der Waals surface area contributed by atoms with Crippen molar-refractivity contribution in [1.29, 1.82) is 0 Å². The van der Waals surface area contributed by atoms with Crippen LogP contribution in [0.15, 0.2) is 36.0 Å². The number of allylic oxidation sites excluding steroid dienone is 1. The number of rotatable bonds is 4. The Labute approximate surface area is 89.4 Å². The summed E-state index contributed by atoms with van der Waals surface area (Å²) >= 11 is 0. The van der Waals surface area contributed by atoms with Crippen LogP contribution in [0.1, 0.15) is 16.7 Å². The number of benzene rings is 1. The van der Waals surface area contributed by atoms with Gasteiger partial charge in [0.25, 0.3) is 0 Å². The molecule has 1 aromatic rings. The summed E-state index contributed by atoms with van der Waals surface area (Å²) in [5, 5.41) is 20.7. The molecule has 0 atom stereocenters. The van der Waals surface area contributed by atoms with E-state index in [1.807, 2.05) is 31.2 Å². The summed E-state index contributed by atoms with van der Waals surface area (Å²) in [5.41, 5.74) is 3.19. The lowest BCUT2D eigenvalue weighted by Crippen LogP contribution is -2.07. The number of aryl methyl sites for hydroxylation is 1. The minimum Gasteiger partial charge on any atom is -0.411 e. The van der Waals surface area contributed by atoms with Crippen LogP contribution < -0.4 is 0 Å². The number of oxime groups is 1. The van der Waals surface area contributed by atoms with E-state index in [1.54, 1.807) is 0 Å². The van der Waals surface area contributed by atoms with Gasteiger partial charge in [-0.1, -0.05) is 22.9 Å². The second-order valence-corrected chi connectivity index (χ2v) is 3.40. The van der Waals surface area contributed by atoms with Crippen LogP contribution in [0.4, 0.5) is 0 Å². The van der Waals surface area contributed by atoms with Gasteiger partial charge in [0.1, 0.15) is 5.71 Å². The summed E-state index contributed by atoms with van der Waals surface area (Å²) in [6, 6.07) is 5.80. The summed E-state index contributed by atoms with van der Waals surface area (Å²) in [7, 11) is 0. The first-order chi connectivity index (χ1) is 7.21. The molecular weight excluding hydrogens is 190 g/mol. The summed E-state index contributed by atoms with van der Waals surface area (Å²) < 4.78 is 0. The number of hydrogen-bond acceptors (Lipinski definition) is 3. The molecule has 15 heavy (non-hydrogen) atoms. The second-order valence-electron chi connectivity index (χ2n) is 3.40. The Morgan fingerprint density at radius 1 is 1.47 bits per heavy atom.